The van der Waals surface area contributed by atoms with Crippen LogP contribution in [0.4, 0.5) is 0 Å². The maximum Gasteiger partial charge on any atom is 0.305 e. The third-order valence-electron chi connectivity index (χ3n) is 2.90. The molecule has 1 aromatic rings. The molecule has 0 heterocycles. The minimum absolute atomic E-state index is 0.0115. The van der Waals surface area contributed by atoms with Crippen LogP contribution in [0, 0.1) is 0 Å². The second kappa shape index (κ2) is 7.64. The molecule has 0 amide bonds. The lowest BCUT2D eigenvalue weighted by Gasteiger charge is -2.20. The highest BCUT2D eigenvalue weighted by molar-refractivity contribution is 6.04. The third-order valence-corrected chi connectivity index (χ3v) is 2.90. The molecule has 1 atom stereocenters. The van der Waals surface area contributed by atoms with Crippen LogP contribution in [0.2, 0.25) is 0 Å². The zero-order valence-electron chi connectivity index (χ0n) is 12.7. The quantitative estimate of drug-likeness (QED) is 0.710. The molecule has 1 unspecified atom stereocenters. The maximum absolute atomic E-state index is 12.5. The predicted octanol–water partition coefficient (Wildman–Crippen LogP) is 1.73. The molecule has 0 saturated carbocycles. The molecule has 0 aliphatic carbocycles. The fourth-order valence-corrected chi connectivity index (χ4v) is 1.99. The van der Waals surface area contributed by atoms with Crippen molar-refractivity contribution in [3.05, 3.63) is 23.8 Å². The van der Waals surface area contributed by atoms with E-state index in [4.69, 9.17) is 14.6 Å². The molecule has 0 bridgehead atoms. The van der Waals surface area contributed by atoms with Crippen molar-refractivity contribution < 1.29 is 24.2 Å². The molecule has 2 N–H and O–H groups in total. The molecule has 0 fully saturated rings. The van der Waals surface area contributed by atoms with E-state index in [0.29, 0.717) is 17.1 Å². The van der Waals surface area contributed by atoms with Crippen LogP contribution >= 0.6 is 0 Å². The van der Waals surface area contributed by atoms with Crippen molar-refractivity contribution in [2.45, 2.75) is 32.4 Å². The standard InChI is InChI=1S/C15H21NO5/c1-9(2)16-12(8-14(17)18)15(19)11-6-5-10(20-3)7-13(11)21-4/h5-7,9,12,16H,8H2,1-4H3,(H,17,18). The van der Waals surface area contributed by atoms with E-state index in [-0.39, 0.29) is 18.2 Å². The highest BCUT2D eigenvalue weighted by Gasteiger charge is 2.26. The van der Waals surface area contributed by atoms with Gasteiger partial charge in [-0.2, -0.15) is 0 Å². The summed E-state index contributed by atoms with van der Waals surface area (Å²) in [6.45, 7) is 3.71. The Morgan fingerprint density at radius 3 is 2.38 bits per heavy atom. The Hall–Kier alpha value is -2.08. The zero-order chi connectivity index (χ0) is 16.0. The number of carbonyl (C=O) groups is 2. The second-order valence-electron chi connectivity index (χ2n) is 4.90. The van der Waals surface area contributed by atoms with Crippen molar-refractivity contribution >= 4 is 11.8 Å². The Labute approximate surface area is 124 Å². The number of rotatable bonds is 8. The molecule has 6 nitrogen and oxygen atoms in total. The Morgan fingerprint density at radius 2 is 1.90 bits per heavy atom. The van der Waals surface area contributed by atoms with Gasteiger partial charge in [0.1, 0.15) is 11.5 Å². The number of carboxylic acid groups (broad SMARTS) is 1. The van der Waals surface area contributed by atoms with Crippen LogP contribution in [0.1, 0.15) is 30.6 Å². The summed E-state index contributed by atoms with van der Waals surface area (Å²) in [5.74, 6) is -0.421. The van der Waals surface area contributed by atoms with E-state index in [0.717, 1.165) is 0 Å². The summed E-state index contributed by atoms with van der Waals surface area (Å²) >= 11 is 0. The highest BCUT2D eigenvalue weighted by atomic mass is 16.5. The number of ether oxygens (including phenoxy) is 2. The van der Waals surface area contributed by atoms with Crippen molar-refractivity contribution in [2.75, 3.05) is 14.2 Å². The maximum atomic E-state index is 12.5. The lowest BCUT2D eigenvalue weighted by molar-refractivity contribution is -0.137. The summed E-state index contributed by atoms with van der Waals surface area (Å²) in [6.07, 6.45) is -0.286. The number of aliphatic carboxylic acids is 1. The number of ketones is 1. The fraction of sp³-hybridized carbons (Fsp3) is 0.467. The minimum Gasteiger partial charge on any atom is -0.497 e. The smallest absolute Gasteiger partial charge is 0.305 e. The van der Waals surface area contributed by atoms with Gasteiger partial charge in [-0.05, 0) is 12.1 Å². The van der Waals surface area contributed by atoms with E-state index in [9.17, 15) is 9.59 Å². The Bertz CT molecular complexity index is 513. The van der Waals surface area contributed by atoms with Crippen molar-refractivity contribution in [1.82, 2.24) is 5.32 Å². The van der Waals surface area contributed by atoms with E-state index in [2.05, 4.69) is 5.32 Å². The summed E-state index contributed by atoms with van der Waals surface area (Å²) in [5, 5.41) is 11.9. The van der Waals surface area contributed by atoms with Gasteiger partial charge < -0.3 is 19.9 Å². The van der Waals surface area contributed by atoms with Crippen molar-refractivity contribution in [1.29, 1.82) is 0 Å². The molecule has 0 radical (unpaired) electrons. The third kappa shape index (κ3) is 4.75. The van der Waals surface area contributed by atoms with Crippen LogP contribution in [-0.2, 0) is 4.79 Å². The van der Waals surface area contributed by atoms with Gasteiger partial charge in [-0.15, -0.1) is 0 Å². The average molecular weight is 295 g/mol. The predicted molar refractivity (Wildman–Crippen MR) is 78.2 cm³/mol. The molecule has 0 spiro atoms. The average Bonchev–Trinajstić information content (AvgIpc) is 2.44. The molecule has 0 aromatic heterocycles. The van der Waals surface area contributed by atoms with Crippen molar-refractivity contribution in [3.8, 4) is 11.5 Å². The molecule has 0 aliphatic rings. The normalized spacial score (nSPS) is 12.0. The summed E-state index contributed by atoms with van der Waals surface area (Å²) in [6, 6.07) is 4.01. The number of carboxylic acids is 1. The van der Waals surface area contributed by atoms with Gasteiger partial charge in [0.2, 0.25) is 0 Å². The first-order valence-electron chi connectivity index (χ1n) is 6.63. The summed E-state index contributed by atoms with van der Waals surface area (Å²) in [5.41, 5.74) is 0.331. The lowest BCUT2D eigenvalue weighted by atomic mass is 9.99. The van der Waals surface area contributed by atoms with Gasteiger partial charge >= 0.3 is 5.97 Å². The molecule has 1 rings (SSSR count). The Morgan fingerprint density at radius 1 is 1.24 bits per heavy atom. The first kappa shape index (κ1) is 17.0. The van der Waals surface area contributed by atoms with Gasteiger partial charge in [0.25, 0.3) is 0 Å². The van der Waals surface area contributed by atoms with Gasteiger partial charge in [0, 0.05) is 12.1 Å². The summed E-state index contributed by atoms with van der Waals surface area (Å²) in [4.78, 5) is 23.5. The van der Waals surface area contributed by atoms with Gasteiger partial charge in [-0.3, -0.25) is 9.59 Å². The fourth-order valence-electron chi connectivity index (χ4n) is 1.99. The molecule has 1 aromatic carbocycles. The Kier molecular flexibility index (Phi) is 6.17. The molecule has 116 valence electrons. The number of hydrogen-bond acceptors (Lipinski definition) is 5. The van der Waals surface area contributed by atoms with Crippen molar-refractivity contribution in [2.24, 2.45) is 0 Å². The second-order valence-corrected chi connectivity index (χ2v) is 4.90. The van der Waals surface area contributed by atoms with Gasteiger partial charge in [-0.1, -0.05) is 13.8 Å². The van der Waals surface area contributed by atoms with Gasteiger partial charge in [-0.25, -0.2) is 0 Å². The van der Waals surface area contributed by atoms with Crippen LogP contribution in [0.15, 0.2) is 18.2 Å². The van der Waals surface area contributed by atoms with E-state index in [1.165, 1.54) is 14.2 Å². The van der Waals surface area contributed by atoms with Crippen LogP contribution in [0.3, 0.4) is 0 Å². The number of nitrogens with one attached hydrogen (secondary N) is 1. The molecule has 6 heteroatoms. The van der Waals surface area contributed by atoms with Crippen LogP contribution < -0.4 is 14.8 Å². The first-order chi connectivity index (χ1) is 9.88. The van der Waals surface area contributed by atoms with Gasteiger partial charge in [0.15, 0.2) is 5.78 Å². The minimum atomic E-state index is -1.03. The topological polar surface area (TPSA) is 84.9 Å². The number of hydrogen-bond donors (Lipinski definition) is 2. The van der Waals surface area contributed by atoms with E-state index >= 15 is 0 Å². The molecular weight excluding hydrogens is 274 g/mol. The van der Waals surface area contributed by atoms with Gasteiger partial charge in [0.05, 0.1) is 32.2 Å². The van der Waals surface area contributed by atoms with Crippen LogP contribution in [0.25, 0.3) is 0 Å². The Balaban J connectivity index is 3.10. The number of carbonyl (C=O) groups excluding carboxylic acids is 1. The molecular formula is C15H21NO5. The number of methoxy groups -OCH3 is 2. The monoisotopic (exact) mass is 295 g/mol. The largest absolute Gasteiger partial charge is 0.497 e. The lowest BCUT2D eigenvalue weighted by Crippen LogP contribution is -2.42. The van der Waals surface area contributed by atoms with Crippen molar-refractivity contribution in [3.63, 3.8) is 0 Å². The summed E-state index contributed by atoms with van der Waals surface area (Å²) < 4.78 is 10.3. The zero-order valence-corrected chi connectivity index (χ0v) is 12.7. The van der Waals surface area contributed by atoms with Crippen LogP contribution in [0.5, 0.6) is 11.5 Å². The molecule has 21 heavy (non-hydrogen) atoms. The van der Waals surface area contributed by atoms with Crippen LogP contribution in [-0.4, -0.2) is 43.2 Å². The number of Topliss-reactive ketones (excluding diaryl/α,β-unsaturated/α-hetero) is 1. The van der Waals surface area contributed by atoms with E-state index < -0.39 is 12.0 Å². The van der Waals surface area contributed by atoms with E-state index in [1.807, 2.05) is 13.8 Å². The number of benzene rings is 1. The molecule has 0 aliphatic heterocycles. The first-order valence-corrected chi connectivity index (χ1v) is 6.63. The van der Waals surface area contributed by atoms with E-state index in [1.54, 1.807) is 18.2 Å². The SMILES string of the molecule is COc1ccc(C(=O)C(CC(=O)O)NC(C)C)c(OC)c1. The molecule has 0 saturated heterocycles. The summed E-state index contributed by atoms with van der Waals surface area (Å²) in [7, 11) is 2.97. The highest BCUT2D eigenvalue weighted by Crippen LogP contribution is 2.26.